The summed E-state index contributed by atoms with van der Waals surface area (Å²) >= 11 is 1.63. The van der Waals surface area contributed by atoms with Gasteiger partial charge in [0.15, 0.2) is 0 Å². The van der Waals surface area contributed by atoms with Crippen molar-refractivity contribution in [3.63, 3.8) is 0 Å². The molecule has 0 saturated heterocycles. The van der Waals surface area contributed by atoms with Gasteiger partial charge in [0.05, 0.1) is 10.5 Å². The fourth-order valence-corrected chi connectivity index (χ4v) is 6.23. The van der Waals surface area contributed by atoms with Crippen LogP contribution in [-0.4, -0.2) is 18.9 Å². The molecule has 0 aliphatic heterocycles. The maximum absolute atomic E-state index is 13.2. The average Bonchev–Trinajstić information content (AvgIpc) is 3.25. The predicted octanol–water partition coefficient (Wildman–Crippen LogP) is 3.97. The van der Waals surface area contributed by atoms with E-state index in [1.165, 1.54) is 17.0 Å². The summed E-state index contributed by atoms with van der Waals surface area (Å²) in [5, 5.41) is 0.855. The van der Waals surface area contributed by atoms with Crippen LogP contribution in [-0.2, 0) is 22.9 Å². The Labute approximate surface area is 181 Å². The molecule has 0 unspecified atom stereocenters. The first kappa shape index (κ1) is 20.8. The Balaban J connectivity index is 1.67. The topological polar surface area (TPSA) is 80.2 Å². The summed E-state index contributed by atoms with van der Waals surface area (Å²) in [5.74, 6) is -0.424. The second-order valence-electron chi connectivity index (χ2n) is 7.72. The van der Waals surface area contributed by atoms with Gasteiger partial charge >= 0.3 is 0 Å². The smallest absolute Gasteiger partial charge is 0.269 e. The molecule has 158 valence electrons. The van der Waals surface area contributed by atoms with Crippen LogP contribution in [0.3, 0.4) is 0 Å². The predicted molar refractivity (Wildman–Crippen MR) is 119 cm³/mol. The van der Waals surface area contributed by atoms with Crippen molar-refractivity contribution in [3.8, 4) is 5.00 Å². The van der Waals surface area contributed by atoms with E-state index in [1.807, 2.05) is 32.9 Å². The molecule has 0 atom stereocenters. The molecule has 1 aromatic carbocycles. The van der Waals surface area contributed by atoms with Crippen LogP contribution in [0.1, 0.15) is 50.6 Å². The third-order valence-electron chi connectivity index (χ3n) is 5.48. The van der Waals surface area contributed by atoms with E-state index in [-0.39, 0.29) is 4.90 Å². The SMILES string of the molecule is Cc1ccc(S(=O)(=O)NNC(=O)c2c(-n3c(C)ccc3C)sc3c2CCCC3)cc1. The summed E-state index contributed by atoms with van der Waals surface area (Å²) in [6.45, 7) is 5.90. The number of carbonyl (C=O) groups excluding carboxylic acids is 1. The van der Waals surface area contributed by atoms with Gasteiger partial charge in [0.2, 0.25) is 0 Å². The van der Waals surface area contributed by atoms with E-state index in [9.17, 15) is 13.2 Å². The summed E-state index contributed by atoms with van der Waals surface area (Å²) in [5.41, 5.74) is 7.11. The first-order valence-corrected chi connectivity index (χ1v) is 12.3. The molecule has 6 nitrogen and oxygen atoms in total. The van der Waals surface area contributed by atoms with Crippen molar-refractivity contribution in [2.24, 2.45) is 0 Å². The fraction of sp³-hybridized carbons (Fsp3) is 0.318. The number of hydrogen-bond donors (Lipinski definition) is 2. The molecule has 8 heteroatoms. The van der Waals surface area contributed by atoms with E-state index >= 15 is 0 Å². The van der Waals surface area contributed by atoms with Crippen LogP contribution in [0.4, 0.5) is 0 Å². The minimum absolute atomic E-state index is 0.109. The highest BCUT2D eigenvalue weighted by Gasteiger charge is 2.28. The molecule has 1 amide bonds. The molecule has 0 saturated carbocycles. The zero-order valence-corrected chi connectivity index (χ0v) is 18.9. The van der Waals surface area contributed by atoms with Crippen LogP contribution in [0.15, 0.2) is 41.3 Å². The van der Waals surface area contributed by atoms with Crippen LogP contribution in [0.5, 0.6) is 0 Å². The number of rotatable bonds is 5. The second kappa shape index (κ2) is 8.02. The molecule has 4 rings (SSSR count). The van der Waals surface area contributed by atoms with Crippen LogP contribution in [0.25, 0.3) is 5.00 Å². The Kier molecular flexibility index (Phi) is 5.57. The summed E-state index contributed by atoms with van der Waals surface area (Å²) in [6, 6.07) is 10.5. The summed E-state index contributed by atoms with van der Waals surface area (Å²) in [4.78, 5) is 16.8. The van der Waals surface area contributed by atoms with E-state index in [1.54, 1.807) is 23.5 Å². The monoisotopic (exact) mass is 443 g/mol. The Hall–Kier alpha value is -2.42. The van der Waals surface area contributed by atoms with Gasteiger partial charge in [0.1, 0.15) is 5.00 Å². The lowest BCUT2D eigenvalue weighted by molar-refractivity contribution is 0.0944. The van der Waals surface area contributed by atoms with E-state index in [2.05, 4.69) is 14.8 Å². The zero-order valence-electron chi connectivity index (χ0n) is 17.3. The maximum atomic E-state index is 13.2. The van der Waals surface area contributed by atoms with Crippen molar-refractivity contribution in [1.82, 2.24) is 14.8 Å². The normalized spacial score (nSPS) is 13.8. The lowest BCUT2D eigenvalue weighted by Gasteiger charge is -2.15. The van der Waals surface area contributed by atoms with Gasteiger partial charge in [-0.1, -0.05) is 17.7 Å². The molecular formula is C22H25N3O3S2. The highest BCUT2D eigenvalue weighted by atomic mass is 32.2. The van der Waals surface area contributed by atoms with Crippen LogP contribution < -0.4 is 10.3 Å². The molecule has 0 spiro atoms. The molecule has 1 aliphatic rings. The minimum atomic E-state index is -3.85. The lowest BCUT2D eigenvalue weighted by atomic mass is 9.95. The number of amides is 1. The van der Waals surface area contributed by atoms with Gasteiger partial charge in [0, 0.05) is 16.3 Å². The molecule has 3 aromatic rings. The third-order valence-corrected chi connectivity index (χ3v) is 8.02. The average molecular weight is 444 g/mol. The van der Waals surface area contributed by atoms with Crippen molar-refractivity contribution in [1.29, 1.82) is 0 Å². The molecule has 2 N–H and O–H groups in total. The van der Waals surface area contributed by atoms with E-state index in [4.69, 9.17) is 0 Å². The molecule has 0 radical (unpaired) electrons. The molecule has 1 aliphatic carbocycles. The Bertz CT molecular complexity index is 1190. The second-order valence-corrected chi connectivity index (χ2v) is 10.5. The number of fused-ring (bicyclic) bond motifs is 1. The summed E-state index contributed by atoms with van der Waals surface area (Å²) in [6.07, 6.45) is 3.92. The molecule has 0 bridgehead atoms. The van der Waals surface area contributed by atoms with Crippen LogP contribution in [0.2, 0.25) is 0 Å². The van der Waals surface area contributed by atoms with E-state index in [0.717, 1.165) is 53.2 Å². The zero-order chi connectivity index (χ0) is 21.5. The van der Waals surface area contributed by atoms with Crippen molar-refractivity contribution < 1.29 is 13.2 Å². The van der Waals surface area contributed by atoms with Gasteiger partial charge in [-0.25, -0.2) is 8.42 Å². The number of nitrogens with one attached hydrogen (secondary N) is 2. The van der Waals surface area contributed by atoms with Gasteiger partial charge in [0.25, 0.3) is 15.9 Å². The number of hydrazine groups is 1. The van der Waals surface area contributed by atoms with Crippen molar-refractivity contribution in [3.05, 3.63) is 69.4 Å². The number of sulfonamides is 1. The number of aromatic nitrogens is 1. The Morgan fingerprint density at radius 1 is 0.967 bits per heavy atom. The number of thiophene rings is 1. The first-order chi connectivity index (χ1) is 14.3. The fourth-order valence-electron chi connectivity index (χ4n) is 3.88. The van der Waals surface area contributed by atoms with Gasteiger partial charge in [-0.3, -0.25) is 10.2 Å². The van der Waals surface area contributed by atoms with Crippen LogP contribution in [0, 0.1) is 20.8 Å². The number of aryl methyl sites for hydroxylation is 4. The van der Waals surface area contributed by atoms with Crippen LogP contribution >= 0.6 is 11.3 Å². The highest BCUT2D eigenvalue weighted by Crippen LogP contribution is 2.38. The Morgan fingerprint density at radius 2 is 1.60 bits per heavy atom. The van der Waals surface area contributed by atoms with Gasteiger partial charge < -0.3 is 4.57 Å². The first-order valence-electron chi connectivity index (χ1n) is 9.96. The van der Waals surface area contributed by atoms with Crippen molar-refractivity contribution in [2.75, 3.05) is 0 Å². The molecule has 30 heavy (non-hydrogen) atoms. The molecule has 0 fully saturated rings. The van der Waals surface area contributed by atoms with Gasteiger partial charge in [-0.05, 0) is 76.3 Å². The molecule has 2 heterocycles. The maximum Gasteiger partial charge on any atom is 0.269 e. The Morgan fingerprint density at radius 3 is 2.27 bits per heavy atom. The molecule has 2 aromatic heterocycles. The van der Waals surface area contributed by atoms with E-state index in [0.29, 0.717) is 5.56 Å². The summed E-state index contributed by atoms with van der Waals surface area (Å²) in [7, 11) is -3.85. The van der Waals surface area contributed by atoms with Gasteiger partial charge in [-0.15, -0.1) is 16.2 Å². The quantitative estimate of drug-likeness (QED) is 0.586. The number of nitrogens with zero attached hydrogens (tertiary/aromatic N) is 1. The summed E-state index contributed by atoms with van der Waals surface area (Å²) < 4.78 is 27.3. The largest absolute Gasteiger partial charge is 0.309 e. The minimum Gasteiger partial charge on any atom is -0.309 e. The van der Waals surface area contributed by atoms with Gasteiger partial charge in [-0.2, -0.15) is 0 Å². The number of benzene rings is 1. The number of hydrogen-bond acceptors (Lipinski definition) is 4. The van der Waals surface area contributed by atoms with E-state index < -0.39 is 15.9 Å². The number of carbonyl (C=O) groups is 1. The lowest BCUT2D eigenvalue weighted by Crippen LogP contribution is -2.42. The van der Waals surface area contributed by atoms with Crippen molar-refractivity contribution >= 4 is 27.3 Å². The standard InChI is InChI=1S/C22H25N3O3S2/c1-14-8-12-17(13-9-14)30(27,28)24-23-21(26)20-18-6-4-5-7-19(18)29-22(20)25-15(2)10-11-16(25)3/h8-13,24H,4-7H2,1-3H3,(H,23,26). The highest BCUT2D eigenvalue weighted by molar-refractivity contribution is 7.89. The molecular weight excluding hydrogens is 418 g/mol. The third kappa shape index (κ3) is 3.82. The van der Waals surface area contributed by atoms with Crippen molar-refractivity contribution in [2.45, 2.75) is 51.3 Å².